The minimum Gasteiger partial charge on any atom is -0.350 e. The van der Waals surface area contributed by atoms with Crippen LogP contribution in [0.5, 0.6) is 0 Å². The van der Waals surface area contributed by atoms with Gasteiger partial charge in [-0.25, -0.2) is 12.8 Å². The van der Waals surface area contributed by atoms with E-state index in [9.17, 15) is 17.6 Å². The summed E-state index contributed by atoms with van der Waals surface area (Å²) in [5, 5.41) is 3.38. The molecule has 2 rings (SSSR count). The van der Waals surface area contributed by atoms with Crippen molar-refractivity contribution in [3.63, 3.8) is 0 Å². The third-order valence-electron chi connectivity index (χ3n) is 2.99. The zero-order valence-corrected chi connectivity index (χ0v) is 15.0. The van der Waals surface area contributed by atoms with Gasteiger partial charge in [0.25, 0.3) is 10.0 Å². The highest BCUT2D eigenvalue weighted by Gasteiger charge is 2.15. The maximum Gasteiger partial charge on any atom is 0.262 e. The van der Waals surface area contributed by atoms with Crippen LogP contribution in [0.4, 0.5) is 4.39 Å². The van der Waals surface area contributed by atoms with Crippen molar-refractivity contribution in [3.8, 4) is 0 Å². The normalized spacial score (nSPS) is 11.3. The third-order valence-corrected chi connectivity index (χ3v) is 4.80. The Balaban J connectivity index is 1.81. The van der Waals surface area contributed by atoms with E-state index >= 15 is 0 Å². The van der Waals surface area contributed by atoms with Gasteiger partial charge in [-0.2, -0.15) is 0 Å². The van der Waals surface area contributed by atoms with E-state index in [0.717, 1.165) is 24.3 Å². The molecule has 0 atom stereocenters. The Hall–Kier alpha value is -1.71. The van der Waals surface area contributed by atoms with Crippen LogP contribution in [-0.4, -0.2) is 20.9 Å². The molecule has 0 bridgehead atoms. The SMILES string of the molecule is O=C(CONS(=O)(=O)c1ccc(F)cc1)NCc1ccc(Cl)cc1Cl. The van der Waals surface area contributed by atoms with Crippen molar-refractivity contribution in [1.82, 2.24) is 10.2 Å². The maximum absolute atomic E-state index is 12.8. The van der Waals surface area contributed by atoms with E-state index in [2.05, 4.69) is 10.2 Å². The number of sulfonamides is 1. The molecule has 0 saturated heterocycles. The second kappa shape index (κ2) is 8.59. The molecule has 6 nitrogen and oxygen atoms in total. The van der Waals surface area contributed by atoms with E-state index in [1.165, 1.54) is 6.07 Å². The van der Waals surface area contributed by atoms with Gasteiger partial charge in [-0.15, -0.1) is 0 Å². The summed E-state index contributed by atoms with van der Waals surface area (Å²) in [4.78, 5) is 18.0. The Kier molecular flexibility index (Phi) is 6.74. The van der Waals surface area contributed by atoms with Gasteiger partial charge >= 0.3 is 0 Å². The predicted molar refractivity (Wildman–Crippen MR) is 91.0 cm³/mol. The number of carbonyl (C=O) groups is 1. The fourth-order valence-electron chi connectivity index (χ4n) is 1.74. The third kappa shape index (κ3) is 5.94. The predicted octanol–water partition coefficient (Wildman–Crippen LogP) is 2.66. The van der Waals surface area contributed by atoms with E-state index in [1.807, 2.05) is 0 Å². The molecular formula is C15H13Cl2FN2O4S. The van der Waals surface area contributed by atoms with Crippen LogP contribution in [0, 0.1) is 5.82 Å². The zero-order valence-electron chi connectivity index (χ0n) is 12.6. The first kappa shape index (κ1) is 19.6. The molecule has 0 aliphatic rings. The van der Waals surface area contributed by atoms with Gasteiger partial charge in [0, 0.05) is 16.6 Å². The van der Waals surface area contributed by atoms with E-state index in [-0.39, 0.29) is 11.4 Å². The van der Waals surface area contributed by atoms with E-state index in [0.29, 0.717) is 15.6 Å². The van der Waals surface area contributed by atoms with Gasteiger partial charge in [0.2, 0.25) is 5.91 Å². The molecule has 2 aromatic rings. The Labute approximate surface area is 153 Å². The standard InChI is InChI=1S/C15H13Cl2FN2O4S/c16-11-2-1-10(14(17)7-11)8-19-15(21)9-24-20-25(22,23)13-5-3-12(18)4-6-13/h1-7,20H,8-9H2,(H,19,21). The minimum atomic E-state index is -4.01. The molecule has 1 amide bonds. The number of nitrogens with one attached hydrogen (secondary N) is 2. The Morgan fingerprint density at radius 2 is 1.80 bits per heavy atom. The average Bonchev–Trinajstić information content (AvgIpc) is 2.54. The van der Waals surface area contributed by atoms with Crippen molar-refractivity contribution >= 4 is 39.1 Å². The van der Waals surface area contributed by atoms with Crippen LogP contribution in [0.2, 0.25) is 10.0 Å². The van der Waals surface area contributed by atoms with Gasteiger partial charge in [0.15, 0.2) is 0 Å². The number of rotatable bonds is 7. The van der Waals surface area contributed by atoms with Gasteiger partial charge in [-0.3, -0.25) is 9.63 Å². The van der Waals surface area contributed by atoms with Crippen LogP contribution in [0.3, 0.4) is 0 Å². The molecule has 0 saturated carbocycles. The highest BCUT2D eigenvalue weighted by molar-refractivity contribution is 7.89. The molecule has 0 radical (unpaired) electrons. The highest BCUT2D eigenvalue weighted by atomic mass is 35.5. The fraction of sp³-hybridized carbons (Fsp3) is 0.133. The van der Waals surface area contributed by atoms with Crippen LogP contribution in [-0.2, 0) is 26.2 Å². The van der Waals surface area contributed by atoms with Gasteiger partial charge < -0.3 is 5.32 Å². The summed E-state index contributed by atoms with van der Waals surface area (Å²) in [6.07, 6.45) is 0. The summed E-state index contributed by atoms with van der Waals surface area (Å²) < 4.78 is 36.5. The lowest BCUT2D eigenvalue weighted by Crippen LogP contribution is -2.32. The van der Waals surface area contributed by atoms with Crippen molar-refractivity contribution in [1.29, 1.82) is 0 Å². The summed E-state index contributed by atoms with van der Waals surface area (Å²) >= 11 is 11.7. The second-order valence-electron chi connectivity index (χ2n) is 4.84. The van der Waals surface area contributed by atoms with Crippen LogP contribution in [0.15, 0.2) is 47.4 Å². The molecule has 0 spiro atoms. The first-order valence-electron chi connectivity index (χ1n) is 6.88. The maximum atomic E-state index is 12.8. The number of carbonyl (C=O) groups excluding carboxylic acids is 1. The van der Waals surface area contributed by atoms with Crippen molar-refractivity contribution in [2.24, 2.45) is 0 Å². The highest BCUT2D eigenvalue weighted by Crippen LogP contribution is 2.20. The van der Waals surface area contributed by atoms with Crippen LogP contribution in [0.25, 0.3) is 0 Å². The minimum absolute atomic E-state index is 0.128. The number of hydrogen-bond donors (Lipinski definition) is 2. The number of halogens is 3. The van der Waals surface area contributed by atoms with Crippen LogP contribution in [0.1, 0.15) is 5.56 Å². The first-order valence-corrected chi connectivity index (χ1v) is 9.11. The summed E-state index contributed by atoms with van der Waals surface area (Å²) in [5.41, 5.74) is 0.645. The van der Waals surface area contributed by atoms with Gasteiger partial charge in [-0.05, 0) is 42.0 Å². The summed E-state index contributed by atoms with van der Waals surface area (Å²) in [6.45, 7) is -0.422. The molecule has 134 valence electrons. The largest absolute Gasteiger partial charge is 0.350 e. The van der Waals surface area contributed by atoms with Gasteiger partial charge in [0.1, 0.15) is 12.4 Å². The lowest BCUT2D eigenvalue weighted by molar-refractivity contribution is -0.126. The Morgan fingerprint density at radius 1 is 1.12 bits per heavy atom. The number of hydrogen-bond acceptors (Lipinski definition) is 4. The van der Waals surface area contributed by atoms with E-state index in [4.69, 9.17) is 23.2 Å². The van der Waals surface area contributed by atoms with E-state index in [1.54, 1.807) is 17.0 Å². The lowest BCUT2D eigenvalue weighted by atomic mass is 10.2. The molecule has 2 N–H and O–H groups in total. The molecule has 0 fully saturated rings. The molecule has 0 aliphatic heterocycles. The lowest BCUT2D eigenvalue weighted by Gasteiger charge is -2.09. The fourth-order valence-corrected chi connectivity index (χ4v) is 3.02. The quantitative estimate of drug-likeness (QED) is 0.692. The van der Waals surface area contributed by atoms with Crippen LogP contribution < -0.4 is 10.2 Å². The molecule has 0 aromatic heterocycles. The van der Waals surface area contributed by atoms with Crippen molar-refractivity contribution in [2.45, 2.75) is 11.4 Å². The second-order valence-corrected chi connectivity index (χ2v) is 7.33. The zero-order chi connectivity index (χ0) is 18.4. The topological polar surface area (TPSA) is 84.5 Å². The molecule has 2 aromatic carbocycles. The van der Waals surface area contributed by atoms with Gasteiger partial charge in [0.05, 0.1) is 4.90 Å². The van der Waals surface area contributed by atoms with Crippen LogP contribution >= 0.6 is 23.2 Å². The van der Waals surface area contributed by atoms with E-state index < -0.39 is 28.4 Å². The number of amides is 1. The Morgan fingerprint density at radius 3 is 2.44 bits per heavy atom. The first-order chi connectivity index (χ1) is 11.8. The summed E-state index contributed by atoms with van der Waals surface area (Å²) in [7, 11) is -4.01. The molecule has 0 aliphatic carbocycles. The smallest absolute Gasteiger partial charge is 0.262 e. The average molecular weight is 407 g/mol. The Bertz CT molecular complexity index is 860. The summed E-state index contributed by atoms with van der Waals surface area (Å²) in [6, 6.07) is 8.96. The van der Waals surface area contributed by atoms with Crippen molar-refractivity contribution in [2.75, 3.05) is 6.61 Å². The van der Waals surface area contributed by atoms with Crippen molar-refractivity contribution in [3.05, 3.63) is 63.9 Å². The molecule has 0 heterocycles. The molecular weight excluding hydrogens is 394 g/mol. The molecule has 0 unspecified atom stereocenters. The van der Waals surface area contributed by atoms with Gasteiger partial charge in [-0.1, -0.05) is 34.2 Å². The summed E-state index contributed by atoms with van der Waals surface area (Å²) in [5.74, 6) is -1.13. The molecule has 10 heteroatoms. The number of benzene rings is 2. The monoisotopic (exact) mass is 406 g/mol. The molecule has 25 heavy (non-hydrogen) atoms. The van der Waals surface area contributed by atoms with Crippen molar-refractivity contribution < 1.29 is 22.4 Å².